The van der Waals surface area contributed by atoms with Gasteiger partial charge in [-0.05, 0) is 163 Å². The van der Waals surface area contributed by atoms with Crippen molar-refractivity contribution in [2.45, 2.75) is 242 Å². The summed E-state index contributed by atoms with van der Waals surface area (Å²) >= 11 is 4.47. The molecule has 37 nitrogen and oxygen atoms in total. The first-order valence-corrected chi connectivity index (χ1v) is 45.0. The van der Waals surface area contributed by atoms with Crippen molar-refractivity contribution in [3.63, 3.8) is 0 Å². The number of benzene rings is 1. The van der Waals surface area contributed by atoms with Crippen LogP contribution in [0.15, 0.2) is 76.4 Å². The number of aryl methyl sites for hydroxylation is 7. The molecule has 6 aliphatic heterocycles. The van der Waals surface area contributed by atoms with Gasteiger partial charge in [-0.2, -0.15) is 9.97 Å². The number of amides is 3. The van der Waals surface area contributed by atoms with Crippen molar-refractivity contribution in [2.24, 2.45) is 11.8 Å². The van der Waals surface area contributed by atoms with Crippen LogP contribution in [0.2, 0.25) is 0 Å². The maximum Gasteiger partial charge on any atom is 0.408 e. The summed E-state index contributed by atoms with van der Waals surface area (Å²) in [6.45, 7) is 21.6. The number of methoxy groups -OCH3 is 4. The predicted octanol–water partition coefficient (Wildman–Crippen LogP) is 10.8. The number of allylic oxidation sites excluding steroid dienone is 1. The topological polar surface area (TPSA) is 455 Å². The van der Waals surface area contributed by atoms with Crippen LogP contribution >= 0.6 is 34.9 Å². The predicted molar refractivity (Wildman–Crippen MR) is 472 cm³/mol. The molecule has 0 bridgehead atoms. The summed E-state index contributed by atoms with van der Waals surface area (Å²) in [7, 11) is 6.55. The second-order valence-electron chi connectivity index (χ2n) is 32.8. The Balaban J connectivity index is 0.000000155. The first-order chi connectivity index (χ1) is 60.0. The summed E-state index contributed by atoms with van der Waals surface area (Å²) in [6.07, 6.45) is 19.7. The summed E-state index contributed by atoms with van der Waals surface area (Å²) in [5.41, 5.74) is 18.5. The number of carboxylic acid groups (broad SMARTS) is 1. The molecule has 7 fully saturated rings. The van der Waals surface area contributed by atoms with Gasteiger partial charge < -0.3 is 84.8 Å². The van der Waals surface area contributed by atoms with Crippen molar-refractivity contribution < 1.29 is 71.7 Å². The van der Waals surface area contributed by atoms with Gasteiger partial charge in [0.1, 0.15) is 104 Å². The Morgan fingerprint density at radius 3 is 1.95 bits per heavy atom. The monoisotopic (exact) mass is 1780 g/mol. The third kappa shape index (κ3) is 22.7. The molecule has 0 radical (unpaired) electrons. The van der Waals surface area contributed by atoms with Crippen molar-refractivity contribution in [2.75, 3.05) is 78.2 Å². The molecule has 14 heterocycles. The fraction of sp³-hybridized carbons (Fsp3) is 0.576. The molecule has 5 saturated heterocycles. The maximum absolute atomic E-state index is 14.6. The molecule has 8 aliphatic rings. The van der Waals surface area contributed by atoms with Gasteiger partial charge in [-0.1, -0.05) is 36.9 Å². The Hall–Kier alpha value is -9.88. The van der Waals surface area contributed by atoms with E-state index in [4.69, 9.17) is 68.8 Å². The summed E-state index contributed by atoms with van der Waals surface area (Å²) in [5, 5.41) is 22.7. The molecule has 9 aromatic rings. The number of ether oxygens (including phenoxy) is 10. The molecule has 3 amide bonds. The normalized spacial score (nSPS) is 25.8. The van der Waals surface area contributed by atoms with Crippen LogP contribution in [0, 0.1) is 60.3 Å². The number of aromatic nitrogens is 14. The molecule has 125 heavy (non-hydrogen) atoms. The minimum Gasteiger partial charge on any atom is -0.488 e. The molecule has 674 valence electrons. The van der Waals surface area contributed by atoms with Crippen LogP contribution in [0.4, 0.5) is 21.6 Å². The number of alkyl carbamates (subject to hydrolysis) is 1. The highest BCUT2D eigenvalue weighted by atomic mass is 32.2. The highest BCUT2D eigenvalue weighted by Gasteiger charge is 2.61. The fourth-order valence-corrected chi connectivity index (χ4v) is 19.1. The Kier molecular flexibility index (Phi) is 31.0. The van der Waals surface area contributed by atoms with E-state index in [0.717, 1.165) is 142 Å². The summed E-state index contributed by atoms with van der Waals surface area (Å²) in [6, 6.07) is 5.99. The number of imidazole rings is 2. The standard InChI is InChI=1S/C41H52N6O7S.C13H18N4O2.C12H16N4O2.C10H15N3O3S.C9H13N3O3S/c1-23(2)42-39-44-33(22-55-39)32-19-35(29-15-13-25(4)17-31(29)43-32)53-28-18-34-36(48)46-41(38(50)51)20-26(41)10-6-5-9-24(3)14-16-30(37(49)47(34)21-28)45-40(52)54-27-11-7-8-12-27;1-8-12-13(16-9(2)15-8)17(7-14-12)11-5-4-10(19-11)6-18-3;1-7-11-12(15-8(2)14-7)16(6-13-11)9-4-5-10(17-3)18-9;1-6-3-13(10(14)12-9(6)11)7-4-16-8(17-7)5-15-2;1-5-3-12(8(13)11-7(5)10)6-4-15-9(14-2)16-6/h6,10,13,15,17,19,22-24,26-28,30,34H,5,7-9,11-12,14,16,18,20-21H2,1-4H3,(H,42,44)(H,45,52)(H,46,48)(H,50,51);7,10-11H,4-6H2,1-3H3;6,9-10H,4-5H2,1-3H3;3,7-8H,4-5H2,1-2H3,(H2,11,12,14);3,6,9H,4H2,1-2H3,(H2,10,11,13)/b10-6-;;;;/t24?,26-,28-,30+,34+,41-;;;;/m1..../s1. The number of carboxylic acids is 1. The number of carbonyl (C=O) groups excluding carboxylic acids is 3. The molecule has 1 aromatic carbocycles. The number of aliphatic carboxylic acids is 1. The molecule has 17 rings (SSSR count). The summed E-state index contributed by atoms with van der Waals surface area (Å²) in [4.78, 5) is 123. The first kappa shape index (κ1) is 92.8. The lowest BCUT2D eigenvalue weighted by Crippen LogP contribution is -2.56. The zero-order valence-corrected chi connectivity index (χ0v) is 75.5. The molecular formula is C85H114N20O17S3. The second kappa shape index (κ2) is 41.7. The van der Waals surface area contributed by atoms with Crippen molar-refractivity contribution >= 4 is 109 Å². The second-order valence-corrected chi connectivity index (χ2v) is 36.2. The number of carbonyl (C=O) groups is 4. The number of nitrogens with zero attached hydrogens (tertiary/aromatic N) is 15. The zero-order chi connectivity index (χ0) is 89.1. The van der Waals surface area contributed by atoms with Crippen molar-refractivity contribution in [1.29, 1.82) is 0 Å². The van der Waals surface area contributed by atoms with Gasteiger partial charge in [-0.3, -0.25) is 27.9 Å². The molecule has 2 aliphatic carbocycles. The Morgan fingerprint density at radius 2 is 1.34 bits per heavy atom. The van der Waals surface area contributed by atoms with Gasteiger partial charge in [-0.25, -0.2) is 59.0 Å². The van der Waals surface area contributed by atoms with Crippen molar-refractivity contribution in [1.82, 2.24) is 83.6 Å². The quantitative estimate of drug-likeness (QED) is 0.0435. The molecule has 14 atom stereocenters. The smallest absolute Gasteiger partial charge is 0.408 e. The number of thiazole rings is 1. The molecule has 2 saturated carbocycles. The number of rotatable bonds is 18. The van der Waals surface area contributed by atoms with Gasteiger partial charge in [-0.15, -0.1) is 23.1 Å². The maximum atomic E-state index is 14.6. The van der Waals surface area contributed by atoms with Gasteiger partial charge in [0.05, 0.1) is 74.3 Å². The lowest BCUT2D eigenvalue weighted by atomic mass is 9.96. The Labute approximate surface area is 736 Å². The zero-order valence-electron chi connectivity index (χ0n) is 73.0. The Bertz CT molecular complexity index is 5450. The Morgan fingerprint density at radius 1 is 0.696 bits per heavy atom. The largest absolute Gasteiger partial charge is 0.488 e. The van der Waals surface area contributed by atoms with E-state index in [-0.39, 0.29) is 113 Å². The average molecular weight is 1780 g/mol. The number of nitrogens with two attached hydrogens (primary N) is 2. The summed E-state index contributed by atoms with van der Waals surface area (Å²) in [5.74, 6) is 0.402. The third-order valence-corrected chi connectivity index (χ3v) is 26.1. The van der Waals surface area contributed by atoms with E-state index in [9.17, 15) is 33.9 Å². The number of pyridine rings is 1. The minimum atomic E-state index is -1.44. The van der Waals surface area contributed by atoms with Gasteiger partial charge in [0.25, 0.3) is 0 Å². The number of hydrogen-bond donors (Lipinski definition) is 6. The lowest BCUT2D eigenvalue weighted by molar-refractivity contribution is -0.145. The highest BCUT2D eigenvalue weighted by molar-refractivity contribution is 8.00. The van der Waals surface area contributed by atoms with E-state index in [1.165, 1.54) is 32.6 Å². The van der Waals surface area contributed by atoms with Gasteiger partial charge in [0.15, 0.2) is 22.7 Å². The number of anilines is 3. The minimum absolute atomic E-state index is 0.00106. The molecule has 8 N–H and O–H groups in total. The molecular weight excluding hydrogens is 1670 g/mol. The third-order valence-electron chi connectivity index (χ3n) is 22.8. The van der Waals surface area contributed by atoms with Gasteiger partial charge >= 0.3 is 23.4 Å². The van der Waals surface area contributed by atoms with Crippen LogP contribution in [0.5, 0.6) is 5.75 Å². The van der Waals surface area contributed by atoms with E-state index in [2.05, 4.69) is 62.7 Å². The lowest BCUT2D eigenvalue weighted by Gasteiger charge is -2.30. The molecule has 0 spiro atoms. The van der Waals surface area contributed by atoms with E-state index in [0.29, 0.717) is 56.4 Å². The number of nitrogens with one attached hydrogen (secondary N) is 3. The SMILES string of the molecule is COC1CCC(n2cnc3c(C)nc(C)nc32)O1.COC1OCC(n2cc(C)c(N)nc2=O)S1.COCC1CCC(n2cnc3c(C)nc(C)nc32)O1.COCC1OCC(n2cc(C)c(N)nc2=O)S1.Cc1ccc2c(O[C@@H]3C[C@H]4C(=O)N[C@]5(C(=O)O)C[C@H]5/C=C\CCC(C)CC[C@H](NC(=O)OC5CCCC5)C(=O)N4C3)cc(-c3csc(NC(C)C)n3)nc2c1. The number of thioether (sulfide) groups is 2. The average Bonchev–Trinajstić information content (AvgIpc) is 1.57. The molecule has 9 unspecified atom stereocenters. The van der Waals surface area contributed by atoms with E-state index >= 15 is 0 Å². The van der Waals surface area contributed by atoms with Crippen LogP contribution in [-0.2, 0) is 57.0 Å². The number of fused-ring (bicyclic) bond motifs is 5. The summed E-state index contributed by atoms with van der Waals surface area (Å²) < 4.78 is 62.5. The van der Waals surface area contributed by atoms with Crippen molar-refractivity contribution in [3.8, 4) is 17.1 Å². The van der Waals surface area contributed by atoms with Crippen LogP contribution < -0.4 is 43.5 Å². The van der Waals surface area contributed by atoms with Crippen LogP contribution in [0.3, 0.4) is 0 Å². The van der Waals surface area contributed by atoms with Crippen LogP contribution in [0.1, 0.15) is 174 Å². The van der Waals surface area contributed by atoms with E-state index in [1.54, 1.807) is 69.8 Å². The highest BCUT2D eigenvalue weighted by Crippen LogP contribution is 2.46. The first-order valence-electron chi connectivity index (χ1n) is 42.2. The van der Waals surface area contributed by atoms with Crippen molar-refractivity contribution in [3.05, 3.63) is 128 Å². The van der Waals surface area contributed by atoms with Crippen LogP contribution in [-0.4, -0.2) is 223 Å². The van der Waals surface area contributed by atoms with Gasteiger partial charge in [0.2, 0.25) is 17.4 Å². The molecule has 40 heteroatoms. The molecule has 8 aromatic heterocycles. The van der Waals surface area contributed by atoms with E-state index < -0.39 is 47.6 Å². The van der Waals surface area contributed by atoms with E-state index in [1.807, 2.05) is 113 Å². The number of nitrogen functional groups attached to an aromatic ring is 2. The fourth-order valence-electron chi connectivity index (χ4n) is 16.1. The van der Waals surface area contributed by atoms with Gasteiger partial charge in [0, 0.05) is 93.6 Å². The van der Waals surface area contributed by atoms with Crippen LogP contribution in [0.25, 0.3) is 44.6 Å². The number of hydrogen-bond acceptors (Lipinski definition) is 32.